The molecule has 0 radical (unpaired) electrons. The fourth-order valence-electron chi connectivity index (χ4n) is 2.90. The van der Waals surface area contributed by atoms with E-state index in [-0.39, 0.29) is 5.41 Å². The van der Waals surface area contributed by atoms with Crippen LogP contribution in [0.3, 0.4) is 0 Å². The van der Waals surface area contributed by atoms with Crippen LogP contribution in [0.4, 0.5) is 5.95 Å². The molecular weight excluding hydrogens is 226 g/mol. The highest BCUT2D eigenvalue weighted by Gasteiger charge is 2.37. The SMILES string of the molecule is CCNc1nnc(C2(CC)CCCNC2)n1CC. The van der Waals surface area contributed by atoms with Gasteiger partial charge in [0.1, 0.15) is 5.82 Å². The Labute approximate surface area is 109 Å². The van der Waals surface area contributed by atoms with E-state index in [9.17, 15) is 0 Å². The molecule has 0 aromatic carbocycles. The van der Waals surface area contributed by atoms with Crippen molar-refractivity contribution in [1.29, 1.82) is 0 Å². The lowest BCUT2D eigenvalue weighted by Gasteiger charge is -2.36. The number of hydrogen-bond donors (Lipinski definition) is 2. The first-order valence-electron chi connectivity index (χ1n) is 7.15. The van der Waals surface area contributed by atoms with E-state index < -0.39 is 0 Å². The summed E-state index contributed by atoms with van der Waals surface area (Å²) in [6.07, 6.45) is 3.55. The summed E-state index contributed by atoms with van der Waals surface area (Å²) in [5, 5.41) is 15.6. The van der Waals surface area contributed by atoms with Crippen molar-refractivity contribution in [3.05, 3.63) is 5.82 Å². The van der Waals surface area contributed by atoms with Crippen LogP contribution in [0.15, 0.2) is 0 Å². The van der Waals surface area contributed by atoms with Crippen molar-refractivity contribution in [3.63, 3.8) is 0 Å². The Hall–Kier alpha value is -1.10. The van der Waals surface area contributed by atoms with Gasteiger partial charge in [-0.15, -0.1) is 10.2 Å². The van der Waals surface area contributed by atoms with Gasteiger partial charge in [0.15, 0.2) is 0 Å². The highest BCUT2D eigenvalue weighted by Crippen LogP contribution is 2.34. The van der Waals surface area contributed by atoms with Gasteiger partial charge in [-0.1, -0.05) is 6.92 Å². The average molecular weight is 251 g/mol. The molecule has 1 unspecified atom stereocenters. The summed E-state index contributed by atoms with van der Waals surface area (Å²) in [6.45, 7) is 10.5. The van der Waals surface area contributed by atoms with Crippen molar-refractivity contribution in [2.24, 2.45) is 0 Å². The van der Waals surface area contributed by atoms with Gasteiger partial charge in [-0.25, -0.2) is 0 Å². The van der Waals surface area contributed by atoms with Crippen LogP contribution < -0.4 is 10.6 Å². The monoisotopic (exact) mass is 251 g/mol. The Morgan fingerprint density at radius 3 is 2.72 bits per heavy atom. The first kappa shape index (κ1) is 13.3. The van der Waals surface area contributed by atoms with E-state index in [0.29, 0.717) is 0 Å². The van der Waals surface area contributed by atoms with Crippen LogP contribution in [-0.4, -0.2) is 34.4 Å². The topological polar surface area (TPSA) is 54.8 Å². The third-order valence-corrected chi connectivity index (χ3v) is 4.03. The zero-order valence-electron chi connectivity index (χ0n) is 11.8. The zero-order chi connectivity index (χ0) is 13.0. The van der Waals surface area contributed by atoms with Gasteiger partial charge in [0.25, 0.3) is 0 Å². The summed E-state index contributed by atoms with van der Waals surface area (Å²) in [7, 11) is 0. The molecule has 0 amide bonds. The van der Waals surface area contributed by atoms with E-state index in [1.807, 2.05) is 0 Å². The first-order valence-corrected chi connectivity index (χ1v) is 7.15. The van der Waals surface area contributed by atoms with Crippen LogP contribution in [0.2, 0.25) is 0 Å². The maximum atomic E-state index is 4.48. The summed E-state index contributed by atoms with van der Waals surface area (Å²) in [5.74, 6) is 2.06. The summed E-state index contributed by atoms with van der Waals surface area (Å²) in [5.41, 5.74) is 0.162. The molecule has 1 aromatic heterocycles. The number of hydrogen-bond acceptors (Lipinski definition) is 4. The maximum Gasteiger partial charge on any atom is 0.224 e. The van der Waals surface area contributed by atoms with Gasteiger partial charge in [0, 0.05) is 25.0 Å². The second-order valence-corrected chi connectivity index (χ2v) is 5.04. The van der Waals surface area contributed by atoms with Crippen molar-refractivity contribution in [2.75, 3.05) is 25.0 Å². The van der Waals surface area contributed by atoms with E-state index in [2.05, 4.69) is 46.2 Å². The Bertz CT molecular complexity index is 379. The van der Waals surface area contributed by atoms with Crippen molar-refractivity contribution in [1.82, 2.24) is 20.1 Å². The highest BCUT2D eigenvalue weighted by atomic mass is 15.4. The minimum absolute atomic E-state index is 0.162. The molecule has 1 aromatic rings. The minimum atomic E-state index is 0.162. The van der Waals surface area contributed by atoms with Gasteiger partial charge < -0.3 is 10.6 Å². The summed E-state index contributed by atoms with van der Waals surface area (Å²) in [4.78, 5) is 0. The molecular formula is C13H25N5. The minimum Gasteiger partial charge on any atom is -0.355 e. The van der Waals surface area contributed by atoms with Crippen LogP contribution in [0.5, 0.6) is 0 Å². The van der Waals surface area contributed by atoms with Gasteiger partial charge in [-0.3, -0.25) is 4.57 Å². The summed E-state index contributed by atoms with van der Waals surface area (Å²) < 4.78 is 2.24. The number of nitrogens with zero attached hydrogens (tertiary/aromatic N) is 3. The lowest BCUT2D eigenvalue weighted by atomic mass is 9.77. The normalized spacial score (nSPS) is 24.2. The predicted molar refractivity (Wildman–Crippen MR) is 73.9 cm³/mol. The average Bonchev–Trinajstić information content (AvgIpc) is 2.83. The molecule has 0 saturated carbocycles. The Kier molecular flexibility index (Phi) is 4.22. The lowest BCUT2D eigenvalue weighted by molar-refractivity contribution is 0.279. The predicted octanol–water partition coefficient (Wildman–Crippen LogP) is 1.76. The summed E-state index contributed by atoms with van der Waals surface area (Å²) >= 11 is 0. The molecule has 0 spiro atoms. The van der Waals surface area contributed by atoms with Crippen molar-refractivity contribution >= 4 is 5.95 Å². The van der Waals surface area contributed by atoms with Crippen LogP contribution >= 0.6 is 0 Å². The first-order chi connectivity index (χ1) is 8.77. The molecule has 1 atom stereocenters. The van der Waals surface area contributed by atoms with E-state index in [1.165, 1.54) is 12.8 Å². The van der Waals surface area contributed by atoms with E-state index in [1.54, 1.807) is 0 Å². The smallest absolute Gasteiger partial charge is 0.224 e. The third-order valence-electron chi connectivity index (χ3n) is 4.03. The number of piperidine rings is 1. The number of aromatic nitrogens is 3. The van der Waals surface area contributed by atoms with Gasteiger partial charge in [0.2, 0.25) is 5.95 Å². The quantitative estimate of drug-likeness (QED) is 0.837. The number of anilines is 1. The number of rotatable bonds is 5. The fraction of sp³-hybridized carbons (Fsp3) is 0.846. The molecule has 2 N–H and O–H groups in total. The summed E-state index contributed by atoms with van der Waals surface area (Å²) in [6, 6.07) is 0. The lowest BCUT2D eigenvalue weighted by Crippen LogP contribution is -2.44. The van der Waals surface area contributed by atoms with Crippen molar-refractivity contribution < 1.29 is 0 Å². The molecule has 2 rings (SSSR count). The van der Waals surface area contributed by atoms with Crippen LogP contribution in [0.25, 0.3) is 0 Å². The van der Waals surface area contributed by atoms with E-state index in [4.69, 9.17) is 0 Å². The molecule has 0 bridgehead atoms. The molecule has 1 saturated heterocycles. The van der Waals surface area contributed by atoms with Gasteiger partial charge in [-0.05, 0) is 39.7 Å². The molecule has 5 heteroatoms. The van der Waals surface area contributed by atoms with Crippen molar-refractivity contribution in [2.45, 2.75) is 52.0 Å². The third kappa shape index (κ3) is 2.23. The van der Waals surface area contributed by atoms with Gasteiger partial charge in [-0.2, -0.15) is 0 Å². The molecule has 2 heterocycles. The molecule has 1 aliphatic heterocycles. The zero-order valence-corrected chi connectivity index (χ0v) is 11.8. The highest BCUT2D eigenvalue weighted by molar-refractivity contribution is 5.28. The van der Waals surface area contributed by atoms with Crippen LogP contribution in [-0.2, 0) is 12.0 Å². The van der Waals surface area contributed by atoms with Gasteiger partial charge >= 0.3 is 0 Å². The van der Waals surface area contributed by atoms with E-state index in [0.717, 1.165) is 44.4 Å². The number of nitrogens with one attached hydrogen (secondary N) is 2. The second-order valence-electron chi connectivity index (χ2n) is 5.04. The Morgan fingerprint density at radius 2 is 2.17 bits per heavy atom. The van der Waals surface area contributed by atoms with Crippen LogP contribution in [0.1, 0.15) is 45.9 Å². The largest absolute Gasteiger partial charge is 0.355 e. The van der Waals surface area contributed by atoms with E-state index >= 15 is 0 Å². The molecule has 102 valence electrons. The Morgan fingerprint density at radius 1 is 1.33 bits per heavy atom. The molecule has 5 nitrogen and oxygen atoms in total. The standard InChI is InChI=1S/C13H25N5/c1-4-13(8-7-9-14-10-13)11-16-17-12(15-5-2)18(11)6-3/h14H,4-10H2,1-3H3,(H,15,17). The molecule has 1 aliphatic rings. The maximum absolute atomic E-state index is 4.48. The fourth-order valence-corrected chi connectivity index (χ4v) is 2.90. The molecule has 0 aliphatic carbocycles. The van der Waals surface area contributed by atoms with Gasteiger partial charge in [0.05, 0.1) is 0 Å². The molecule has 1 fully saturated rings. The van der Waals surface area contributed by atoms with Crippen molar-refractivity contribution in [3.8, 4) is 0 Å². The molecule has 18 heavy (non-hydrogen) atoms. The Balaban J connectivity index is 2.35. The van der Waals surface area contributed by atoms with Crippen LogP contribution in [0, 0.1) is 0 Å². The second kappa shape index (κ2) is 5.69.